The van der Waals surface area contributed by atoms with Crippen LogP contribution in [0.5, 0.6) is 0 Å². The summed E-state index contributed by atoms with van der Waals surface area (Å²) in [6.45, 7) is 7.05. The van der Waals surface area contributed by atoms with Gasteiger partial charge in [0.2, 0.25) is 0 Å². The maximum atomic E-state index is 2.38. The summed E-state index contributed by atoms with van der Waals surface area (Å²) >= 11 is 0. The molecule has 0 amide bonds. The van der Waals surface area contributed by atoms with Crippen LogP contribution in [-0.2, 0) is 12.8 Å². The van der Waals surface area contributed by atoms with Gasteiger partial charge in [0.25, 0.3) is 0 Å². The van der Waals surface area contributed by atoms with Crippen LogP contribution in [0.25, 0.3) is 0 Å². The summed E-state index contributed by atoms with van der Waals surface area (Å²) in [5, 5.41) is 0. The van der Waals surface area contributed by atoms with E-state index in [4.69, 9.17) is 0 Å². The lowest BCUT2D eigenvalue weighted by Crippen LogP contribution is -2.09. The van der Waals surface area contributed by atoms with Crippen LogP contribution in [0, 0.1) is 0 Å². The Morgan fingerprint density at radius 1 is 0.654 bits per heavy atom. The molecule has 0 aliphatic carbocycles. The van der Waals surface area contributed by atoms with Gasteiger partial charge in [-0.1, -0.05) is 99.6 Å². The molecule has 0 N–H and O–H groups in total. The molecule has 3 aromatic rings. The third-order valence-electron chi connectivity index (χ3n) is 5.49. The summed E-state index contributed by atoms with van der Waals surface area (Å²) in [7, 11) is 0. The Balaban J connectivity index is 1.95. The van der Waals surface area contributed by atoms with Crippen LogP contribution in [0.15, 0.2) is 78.9 Å². The van der Waals surface area contributed by atoms with Gasteiger partial charge in [0.15, 0.2) is 0 Å². The van der Waals surface area contributed by atoms with E-state index in [0.29, 0.717) is 11.8 Å². The first-order chi connectivity index (χ1) is 12.7. The van der Waals surface area contributed by atoms with E-state index in [1.807, 2.05) is 0 Å². The molecule has 26 heavy (non-hydrogen) atoms. The van der Waals surface area contributed by atoms with Crippen LogP contribution >= 0.6 is 0 Å². The molecular weight excluding hydrogens is 312 g/mol. The van der Waals surface area contributed by atoms with Crippen molar-refractivity contribution in [2.24, 2.45) is 0 Å². The predicted octanol–water partition coefficient (Wildman–Crippen LogP) is 7.14. The number of rotatable bonds is 7. The SMILES string of the molecule is CCC(C)c1c(Cc2ccccc2)cccc1C(C)Cc1ccccc1. The Kier molecular flexibility index (Phi) is 6.28. The van der Waals surface area contributed by atoms with E-state index in [1.165, 1.54) is 28.7 Å². The van der Waals surface area contributed by atoms with Crippen LogP contribution in [0.4, 0.5) is 0 Å². The van der Waals surface area contributed by atoms with Gasteiger partial charge in [-0.2, -0.15) is 0 Å². The van der Waals surface area contributed by atoms with Crippen molar-refractivity contribution >= 4 is 0 Å². The highest BCUT2D eigenvalue weighted by Crippen LogP contribution is 2.34. The molecule has 0 spiro atoms. The van der Waals surface area contributed by atoms with Crippen molar-refractivity contribution in [1.82, 2.24) is 0 Å². The van der Waals surface area contributed by atoms with Gasteiger partial charge in [0.05, 0.1) is 0 Å². The van der Waals surface area contributed by atoms with Crippen molar-refractivity contribution in [3.8, 4) is 0 Å². The third kappa shape index (κ3) is 4.43. The number of hydrogen-bond acceptors (Lipinski definition) is 0. The zero-order valence-electron chi connectivity index (χ0n) is 16.3. The Morgan fingerprint density at radius 3 is 1.88 bits per heavy atom. The van der Waals surface area contributed by atoms with Crippen molar-refractivity contribution in [1.29, 1.82) is 0 Å². The molecule has 134 valence electrons. The summed E-state index contributed by atoms with van der Waals surface area (Å²) in [6.07, 6.45) is 3.29. The fraction of sp³-hybridized carbons (Fsp3) is 0.308. The summed E-state index contributed by atoms with van der Waals surface area (Å²) in [5.74, 6) is 1.11. The van der Waals surface area contributed by atoms with Crippen LogP contribution in [0.2, 0.25) is 0 Å². The normalized spacial score (nSPS) is 13.3. The Morgan fingerprint density at radius 2 is 1.27 bits per heavy atom. The third-order valence-corrected chi connectivity index (χ3v) is 5.49. The highest BCUT2D eigenvalue weighted by Gasteiger charge is 2.18. The Hall–Kier alpha value is -2.34. The standard InChI is InChI=1S/C26H30/c1-4-20(2)26-24(19-23-14-9-6-10-15-23)16-11-17-25(26)21(3)18-22-12-7-5-8-13-22/h5-17,20-21H,4,18-19H2,1-3H3. The van der Waals surface area contributed by atoms with Gasteiger partial charge in [0, 0.05) is 0 Å². The smallest absolute Gasteiger partial charge is 0.00228 e. The second-order valence-corrected chi connectivity index (χ2v) is 7.48. The largest absolute Gasteiger partial charge is 0.0648 e. The summed E-state index contributed by atoms with van der Waals surface area (Å²) in [5.41, 5.74) is 7.40. The van der Waals surface area contributed by atoms with Gasteiger partial charge >= 0.3 is 0 Å². The average molecular weight is 343 g/mol. The minimum Gasteiger partial charge on any atom is -0.0648 e. The van der Waals surface area contributed by atoms with E-state index in [-0.39, 0.29) is 0 Å². The topological polar surface area (TPSA) is 0 Å². The molecule has 0 aromatic heterocycles. The molecule has 3 rings (SSSR count). The van der Waals surface area contributed by atoms with Gasteiger partial charge < -0.3 is 0 Å². The molecule has 0 radical (unpaired) electrons. The van der Waals surface area contributed by atoms with E-state index in [9.17, 15) is 0 Å². The second kappa shape index (κ2) is 8.85. The van der Waals surface area contributed by atoms with Gasteiger partial charge in [-0.15, -0.1) is 0 Å². The molecule has 0 saturated heterocycles. The average Bonchev–Trinajstić information content (AvgIpc) is 2.69. The second-order valence-electron chi connectivity index (χ2n) is 7.48. The first-order valence-corrected chi connectivity index (χ1v) is 9.88. The Labute approximate surface area is 158 Å². The Bertz CT molecular complexity index is 802. The lowest BCUT2D eigenvalue weighted by molar-refractivity contribution is 0.679. The maximum absolute atomic E-state index is 2.38. The van der Waals surface area contributed by atoms with Crippen molar-refractivity contribution in [3.63, 3.8) is 0 Å². The van der Waals surface area contributed by atoms with Crippen molar-refractivity contribution in [2.75, 3.05) is 0 Å². The van der Waals surface area contributed by atoms with Gasteiger partial charge in [-0.3, -0.25) is 0 Å². The number of hydrogen-bond donors (Lipinski definition) is 0. The molecule has 2 atom stereocenters. The molecule has 3 aromatic carbocycles. The molecule has 0 aliphatic rings. The van der Waals surface area contributed by atoms with Gasteiger partial charge in [0.1, 0.15) is 0 Å². The molecule has 0 fully saturated rings. The molecular formula is C26H30. The molecule has 0 heteroatoms. The number of benzene rings is 3. The highest BCUT2D eigenvalue weighted by atomic mass is 14.2. The maximum Gasteiger partial charge on any atom is -0.00228 e. The van der Waals surface area contributed by atoms with Crippen LogP contribution < -0.4 is 0 Å². The van der Waals surface area contributed by atoms with Crippen LogP contribution in [-0.4, -0.2) is 0 Å². The lowest BCUT2D eigenvalue weighted by atomic mass is 9.81. The minimum absolute atomic E-state index is 0.525. The van der Waals surface area contributed by atoms with E-state index < -0.39 is 0 Å². The molecule has 2 unspecified atom stereocenters. The van der Waals surface area contributed by atoms with Crippen molar-refractivity contribution < 1.29 is 0 Å². The summed E-state index contributed by atoms with van der Waals surface area (Å²) in [6, 6.07) is 28.6. The predicted molar refractivity (Wildman–Crippen MR) is 113 cm³/mol. The first-order valence-electron chi connectivity index (χ1n) is 9.88. The fourth-order valence-electron chi connectivity index (χ4n) is 3.92. The van der Waals surface area contributed by atoms with E-state index in [1.54, 1.807) is 5.56 Å². The molecule has 0 aliphatic heterocycles. The van der Waals surface area contributed by atoms with E-state index in [0.717, 1.165) is 12.8 Å². The van der Waals surface area contributed by atoms with Crippen LogP contribution in [0.3, 0.4) is 0 Å². The van der Waals surface area contributed by atoms with E-state index >= 15 is 0 Å². The van der Waals surface area contributed by atoms with Gasteiger partial charge in [-0.25, -0.2) is 0 Å². The van der Waals surface area contributed by atoms with E-state index in [2.05, 4.69) is 99.6 Å². The first kappa shape index (κ1) is 18.5. The fourth-order valence-corrected chi connectivity index (χ4v) is 3.92. The minimum atomic E-state index is 0.525. The highest BCUT2D eigenvalue weighted by molar-refractivity contribution is 5.43. The zero-order valence-corrected chi connectivity index (χ0v) is 16.3. The molecule has 0 bridgehead atoms. The molecule has 0 saturated carbocycles. The van der Waals surface area contributed by atoms with Gasteiger partial charge in [-0.05, 0) is 58.9 Å². The van der Waals surface area contributed by atoms with Crippen molar-refractivity contribution in [3.05, 3.63) is 107 Å². The lowest BCUT2D eigenvalue weighted by Gasteiger charge is -2.24. The zero-order chi connectivity index (χ0) is 18.4. The van der Waals surface area contributed by atoms with Crippen LogP contribution in [0.1, 0.15) is 66.8 Å². The molecule has 0 heterocycles. The summed E-state index contributed by atoms with van der Waals surface area (Å²) in [4.78, 5) is 0. The summed E-state index contributed by atoms with van der Waals surface area (Å²) < 4.78 is 0. The molecule has 0 nitrogen and oxygen atoms in total. The quantitative estimate of drug-likeness (QED) is 0.428. The monoisotopic (exact) mass is 342 g/mol. The van der Waals surface area contributed by atoms with Crippen molar-refractivity contribution in [2.45, 2.75) is 51.9 Å².